The van der Waals surface area contributed by atoms with E-state index in [0.29, 0.717) is 0 Å². The smallest absolute Gasteiger partial charge is 0.399 e. The van der Waals surface area contributed by atoms with E-state index in [4.69, 9.17) is 9.31 Å². The summed E-state index contributed by atoms with van der Waals surface area (Å²) in [5.41, 5.74) is 9.92. The minimum atomic E-state index is -0.323. The highest BCUT2D eigenvalue weighted by molar-refractivity contribution is 6.56. The molecule has 1 unspecified atom stereocenters. The molecule has 33 heavy (non-hydrogen) atoms. The van der Waals surface area contributed by atoms with E-state index >= 15 is 0 Å². The number of hydrogen-bond donors (Lipinski definition) is 0. The standard InChI is InChI=1S/C30H31BO2/c1-28(2)26-10-8-7-9-24(26)25-14-13-21(18-27(25)28)19-11-12-20-16-23(17-22(20)15-19)31-32-29(3,4)30(5,6)33-31/h7-18,22H,1-6H3. The van der Waals surface area contributed by atoms with E-state index in [9.17, 15) is 0 Å². The molecule has 1 saturated heterocycles. The van der Waals surface area contributed by atoms with E-state index in [2.05, 4.69) is 114 Å². The lowest BCUT2D eigenvalue weighted by atomic mass is 9.79. The SMILES string of the molecule is CC1(C)c2ccccc2-c2ccc(C3=CC4C=C(B5OC(C)(C)C(C)(C)O5)C=C4C=C3)cc21. The van der Waals surface area contributed by atoms with Crippen LogP contribution in [0.15, 0.2) is 83.9 Å². The van der Waals surface area contributed by atoms with Crippen molar-refractivity contribution in [3.8, 4) is 11.1 Å². The highest BCUT2D eigenvalue weighted by Crippen LogP contribution is 2.49. The van der Waals surface area contributed by atoms with Crippen molar-refractivity contribution in [2.24, 2.45) is 5.92 Å². The lowest BCUT2D eigenvalue weighted by Gasteiger charge is -2.32. The summed E-state index contributed by atoms with van der Waals surface area (Å²) in [5.74, 6) is 0.262. The fourth-order valence-corrected chi connectivity index (χ4v) is 5.58. The van der Waals surface area contributed by atoms with E-state index < -0.39 is 0 Å². The second kappa shape index (κ2) is 6.71. The lowest BCUT2D eigenvalue weighted by molar-refractivity contribution is 0.00578. The average Bonchev–Trinajstić information content (AvgIpc) is 3.37. The van der Waals surface area contributed by atoms with Crippen LogP contribution in [0.1, 0.15) is 58.2 Å². The third-order valence-corrected chi connectivity index (χ3v) is 8.35. The van der Waals surface area contributed by atoms with Crippen molar-refractivity contribution in [3.05, 3.63) is 101 Å². The molecule has 0 radical (unpaired) electrons. The van der Waals surface area contributed by atoms with Gasteiger partial charge in [-0.2, -0.15) is 0 Å². The van der Waals surface area contributed by atoms with E-state index in [-0.39, 0.29) is 29.7 Å². The fourth-order valence-electron chi connectivity index (χ4n) is 5.58. The zero-order valence-electron chi connectivity index (χ0n) is 20.4. The van der Waals surface area contributed by atoms with Gasteiger partial charge in [-0.15, -0.1) is 0 Å². The van der Waals surface area contributed by atoms with Crippen LogP contribution in [0.25, 0.3) is 16.7 Å². The van der Waals surface area contributed by atoms with Gasteiger partial charge in [0.05, 0.1) is 11.2 Å². The van der Waals surface area contributed by atoms with Crippen molar-refractivity contribution in [2.45, 2.75) is 58.2 Å². The lowest BCUT2D eigenvalue weighted by Crippen LogP contribution is -2.41. The number of allylic oxidation sites excluding steroid dienone is 8. The molecule has 0 aromatic heterocycles. The Bertz CT molecular complexity index is 1290. The molecule has 166 valence electrons. The summed E-state index contributed by atoms with van der Waals surface area (Å²) in [6.07, 6.45) is 11.4. The van der Waals surface area contributed by atoms with Crippen LogP contribution < -0.4 is 0 Å². The first kappa shape index (κ1) is 21.0. The summed E-state index contributed by atoms with van der Waals surface area (Å²) in [6, 6.07) is 15.8. The molecule has 1 heterocycles. The predicted octanol–water partition coefficient (Wildman–Crippen LogP) is 7.06. The van der Waals surface area contributed by atoms with E-state index in [1.54, 1.807) is 0 Å². The molecule has 0 spiro atoms. The zero-order valence-corrected chi connectivity index (χ0v) is 20.4. The van der Waals surface area contributed by atoms with Crippen LogP contribution in [0, 0.1) is 5.92 Å². The molecule has 1 atom stereocenters. The highest BCUT2D eigenvalue weighted by Gasteiger charge is 2.52. The Morgan fingerprint density at radius 2 is 1.45 bits per heavy atom. The molecule has 3 aliphatic carbocycles. The third kappa shape index (κ3) is 3.02. The van der Waals surface area contributed by atoms with Crippen LogP contribution in [0.2, 0.25) is 0 Å². The van der Waals surface area contributed by atoms with Gasteiger partial charge in [0.15, 0.2) is 0 Å². The van der Waals surface area contributed by atoms with Gasteiger partial charge in [0.2, 0.25) is 0 Å². The first-order valence-corrected chi connectivity index (χ1v) is 12.0. The quantitative estimate of drug-likeness (QED) is 0.471. The molecule has 6 rings (SSSR count). The Labute approximate surface area is 197 Å². The van der Waals surface area contributed by atoms with Gasteiger partial charge in [-0.05, 0) is 78.2 Å². The Morgan fingerprint density at radius 1 is 0.758 bits per heavy atom. The second-order valence-electron chi connectivity index (χ2n) is 11.3. The summed E-state index contributed by atoms with van der Waals surface area (Å²) < 4.78 is 12.6. The summed E-state index contributed by atoms with van der Waals surface area (Å²) in [5, 5.41) is 0. The molecule has 0 saturated carbocycles. The molecule has 0 N–H and O–H groups in total. The van der Waals surface area contributed by atoms with E-state index in [1.165, 1.54) is 39.0 Å². The van der Waals surface area contributed by atoms with Gasteiger partial charge in [-0.1, -0.05) is 80.6 Å². The van der Waals surface area contributed by atoms with Crippen LogP contribution in [-0.4, -0.2) is 18.3 Å². The summed E-state index contributed by atoms with van der Waals surface area (Å²) in [4.78, 5) is 0. The monoisotopic (exact) mass is 434 g/mol. The number of rotatable bonds is 2. The summed E-state index contributed by atoms with van der Waals surface area (Å²) >= 11 is 0. The Balaban J connectivity index is 1.32. The van der Waals surface area contributed by atoms with Gasteiger partial charge in [0, 0.05) is 11.3 Å². The van der Waals surface area contributed by atoms with Gasteiger partial charge in [0.25, 0.3) is 0 Å². The number of hydrogen-bond acceptors (Lipinski definition) is 2. The molecule has 4 aliphatic rings. The van der Waals surface area contributed by atoms with Crippen LogP contribution in [0.4, 0.5) is 0 Å². The highest BCUT2D eigenvalue weighted by atomic mass is 16.7. The third-order valence-electron chi connectivity index (χ3n) is 8.35. The van der Waals surface area contributed by atoms with Crippen LogP contribution >= 0.6 is 0 Å². The van der Waals surface area contributed by atoms with E-state index in [0.717, 1.165) is 5.47 Å². The fraction of sp³-hybridized carbons (Fsp3) is 0.333. The van der Waals surface area contributed by atoms with Gasteiger partial charge < -0.3 is 9.31 Å². The minimum Gasteiger partial charge on any atom is -0.399 e. The first-order valence-electron chi connectivity index (χ1n) is 12.0. The van der Waals surface area contributed by atoms with Gasteiger partial charge in [-0.25, -0.2) is 0 Å². The van der Waals surface area contributed by atoms with Crippen molar-refractivity contribution in [1.82, 2.24) is 0 Å². The minimum absolute atomic E-state index is 0.0170. The maximum absolute atomic E-state index is 6.29. The van der Waals surface area contributed by atoms with Crippen LogP contribution in [-0.2, 0) is 14.7 Å². The average molecular weight is 434 g/mol. The predicted molar refractivity (Wildman–Crippen MR) is 137 cm³/mol. The van der Waals surface area contributed by atoms with Crippen molar-refractivity contribution in [3.63, 3.8) is 0 Å². The molecule has 2 aromatic rings. The van der Waals surface area contributed by atoms with Crippen LogP contribution in [0.3, 0.4) is 0 Å². The van der Waals surface area contributed by atoms with Gasteiger partial charge >= 0.3 is 7.12 Å². The number of fused-ring (bicyclic) bond motifs is 4. The molecular weight excluding hydrogens is 403 g/mol. The molecule has 2 nitrogen and oxygen atoms in total. The molecular formula is C30H31BO2. The van der Waals surface area contributed by atoms with Crippen LogP contribution in [0.5, 0.6) is 0 Å². The Morgan fingerprint density at radius 3 is 2.21 bits per heavy atom. The molecule has 2 aromatic carbocycles. The topological polar surface area (TPSA) is 18.5 Å². The van der Waals surface area contributed by atoms with Crippen molar-refractivity contribution in [1.29, 1.82) is 0 Å². The first-order chi connectivity index (χ1) is 15.6. The normalized spacial score (nSPS) is 25.2. The molecule has 0 amide bonds. The second-order valence-corrected chi connectivity index (χ2v) is 11.3. The molecule has 0 bridgehead atoms. The Kier molecular flexibility index (Phi) is 4.26. The molecule has 3 heteroatoms. The maximum Gasteiger partial charge on any atom is 0.494 e. The maximum atomic E-state index is 6.29. The molecule has 1 aliphatic heterocycles. The summed E-state index contributed by atoms with van der Waals surface area (Å²) in [6.45, 7) is 13.1. The van der Waals surface area contributed by atoms with Gasteiger partial charge in [0.1, 0.15) is 0 Å². The molecule has 1 fully saturated rings. The zero-order chi connectivity index (χ0) is 23.2. The summed E-state index contributed by atoms with van der Waals surface area (Å²) in [7, 11) is -0.308. The van der Waals surface area contributed by atoms with Gasteiger partial charge in [-0.3, -0.25) is 0 Å². The van der Waals surface area contributed by atoms with E-state index in [1.807, 2.05) is 0 Å². The Hall–Kier alpha value is -2.62. The number of benzene rings is 2. The van der Waals surface area contributed by atoms with Crippen molar-refractivity contribution >= 4 is 12.7 Å². The largest absolute Gasteiger partial charge is 0.494 e. The van der Waals surface area contributed by atoms with Crippen molar-refractivity contribution < 1.29 is 9.31 Å². The van der Waals surface area contributed by atoms with Crippen molar-refractivity contribution in [2.75, 3.05) is 0 Å².